The maximum absolute atomic E-state index is 12.2. The normalized spacial score (nSPS) is 22.0. The van der Waals surface area contributed by atoms with Crippen LogP contribution in [-0.4, -0.2) is 16.4 Å². The summed E-state index contributed by atoms with van der Waals surface area (Å²) in [7, 11) is 0. The van der Waals surface area contributed by atoms with E-state index in [0.29, 0.717) is 11.4 Å². The molecule has 0 aromatic heterocycles. The number of hydrogen-bond acceptors (Lipinski definition) is 3. The first-order chi connectivity index (χ1) is 14.0. The van der Waals surface area contributed by atoms with Crippen LogP contribution in [0.3, 0.4) is 0 Å². The van der Waals surface area contributed by atoms with Crippen molar-refractivity contribution in [3.05, 3.63) is 57.6 Å². The van der Waals surface area contributed by atoms with Crippen LogP contribution in [0.15, 0.2) is 30.3 Å². The molecule has 1 unspecified atom stereocenters. The zero-order valence-electron chi connectivity index (χ0n) is 18.2. The molecule has 1 saturated heterocycles. The van der Waals surface area contributed by atoms with Crippen molar-refractivity contribution in [3.63, 3.8) is 0 Å². The largest absolute Gasteiger partial charge is 0.286 e. The number of benzene rings is 2. The van der Waals surface area contributed by atoms with E-state index >= 15 is 0 Å². The van der Waals surface area contributed by atoms with Crippen molar-refractivity contribution < 1.29 is 9.59 Å². The second-order valence-corrected chi connectivity index (χ2v) is 11.4. The van der Waals surface area contributed by atoms with E-state index in [2.05, 4.69) is 52.1 Å². The third-order valence-corrected chi connectivity index (χ3v) is 8.04. The lowest BCUT2D eigenvalue weighted by atomic mass is 9.62. The van der Waals surface area contributed by atoms with Gasteiger partial charge in [-0.3, -0.25) is 14.9 Å². The lowest BCUT2D eigenvalue weighted by molar-refractivity contribution is -0.118. The van der Waals surface area contributed by atoms with Crippen molar-refractivity contribution in [1.29, 1.82) is 0 Å². The van der Waals surface area contributed by atoms with Gasteiger partial charge in [-0.1, -0.05) is 69.3 Å². The lowest BCUT2D eigenvalue weighted by Gasteiger charge is -2.42. The molecule has 1 aliphatic heterocycles. The van der Waals surface area contributed by atoms with Crippen molar-refractivity contribution in [2.75, 3.05) is 0 Å². The van der Waals surface area contributed by atoms with Crippen LogP contribution >= 0.6 is 23.4 Å². The summed E-state index contributed by atoms with van der Waals surface area (Å²) in [5, 5.41) is 2.37. The number of hydrogen-bond donors (Lipinski definition) is 1. The zero-order valence-corrected chi connectivity index (χ0v) is 19.8. The molecule has 1 fully saturated rings. The van der Waals surface area contributed by atoms with Gasteiger partial charge in [-0.2, -0.15) is 0 Å². The molecule has 2 aromatic carbocycles. The Labute approximate surface area is 188 Å². The molecule has 1 N–H and O–H groups in total. The summed E-state index contributed by atoms with van der Waals surface area (Å²) in [6.07, 6.45) is 2.79. The summed E-state index contributed by atoms with van der Waals surface area (Å²) in [6.45, 7) is 11.4. The first kappa shape index (κ1) is 21.5. The molecule has 2 aromatic rings. The number of carbonyl (C=O) groups is 2. The predicted molar refractivity (Wildman–Crippen MR) is 126 cm³/mol. The maximum atomic E-state index is 12.2. The van der Waals surface area contributed by atoms with Crippen molar-refractivity contribution in [2.45, 2.75) is 70.0 Å². The monoisotopic (exact) mass is 441 g/mol. The van der Waals surface area contributed by atoms with E-state index in [0.717, 1.165) is 34.9 Å². The predicted octanol–water partition coefficient (Wildman–Crippen LogP) is 6.56. The molecule has 0 saturated carbocycles. The molecule has 158 valence electrons. The summed E-state index contributed by atoms with van der Waals surface area (Å²) >= 11 is 7.78. The second-order valence-electron chi connectivity index (χ2n) is 9.84. The molecule has 2 amide bonds. The SMILES string of the molecule is Cc1cc2c(cc1-c1c(Cl)cccc1CC1SC(=O)NC1=O)C(C)(C)CCC2(C)C. The zero-order chi connectivity index (χ0) is 21.8. The van der Waals surface area contributed by atoms with Crippen LogP contribution in [0.25, 0.3) is 11.1 Å². The molecule has 1 aliphatic carbocycles. The maximum Gasteiger partial charge on any atom is 0.286 e. The Hall–Kier alpha value is -1.78. The van der Waals surface area contributed by atoms with Crippen molar-refractivity contribution in [1.82, 2.24) is 5.32 Å². The van der Waals surface area contributed by atoms with E-state index in [-0.39, 0.29) is 22.0 Å². The second kappa shape index (κ2) is 7.42. The molecule has 5 heteroatoms. The fourth-order valence-corrected chi connectivity index (χ4v) is 5.90. The van der Waals surface area contributed by atoms with Gasteiger partial charge in [0.05, 0.1) is 5.25 Å². The van der Waals surface area contributed by atoms with Gasteiger partial charge in [0, 0.05) is 10.6 Å². The number of imide groups is 1. The summed E-state index contributed by atoms with van der Waals surface area (Å²) in [5.41, 5.74) is 7.34. The van der Waals surface area contributed by atoms with Gasteiger partial charge < -0.3 is 0 Å². The van der Waals surface area contributed by atoms with Crippen LogP contribution in [0.2, 0.25) is 5.02 Å². The van der Waals surface area contributed by atoms with Gasteiger partial charge >= 0.3 is 0 Å². The van der Waals surface area contributed by atoms with Gasteiger partial charge in [-0.15, -0.1) is 0 Å². The Morgan fingerprint density at radius 3 is 2.30 bits per heavy atom. The third-order valence-electron chi connectivity index (χ3n) is 6.74. The summed E-state index contributed by atoms with van der Waals surface area (Å²) in [4.78, 5) is 23.8. The van der Waals surface area contributed by atoms with Gasteiger partial charge in [0.15, 0.2) is 0 Å². The Morgan fingerprint density at radius 2 is 1.70 bits per heavy atom. The minimum Gasteiger partial charge on any atom is -0.286 e. The molecule has 2 aliphatic rings. The van der Waals surface area contributed by atoms with Crippen LogP contribution in [0, 0.1) is 6.92 Å². The van der Waals surface area contributed by atoms with Gasteiger partial charge in [0.1, 0.15) is 0 Å². The summed E-state index contributed by atoms with van der Waals surface area (Å²) < 4.78 is 0. The summed E-state index contributed by atoms with van der Waals surface area (Å²) in [6, 6.07) is 10.5. The third kappa shape index (κ3) is 3.69. The highest BCUT2D eigenvalue weighted by molar-refractivity contribution is 8.15. The van der Waals surface area contributed by atoms with Crippen LogP contribution in [0.1, 0.15) is 62.8 Å². The van der Waals surface area contributed by atoms with Crippen molar-refractivity contribution in [3.8, 4) is 11.1 Å². The number of aryl methyl sites for hydroxylation is 1. The Balaban J connectivity index is 1.86. The molecule has 4 rings (SSSR count). The molecule has 0 spiro atoms. The van der Waals surface area contributed by atoms with E-state index < -0.39 is 5.25 Å². The standard InChI is InChI=1S/C25H28ClNO2S/c1-14-11-17-18(25(4,5)10-9-24(17,2)3)13-16(14)21-15(7-6-8-19(21)26)12-20-22(28)27-23(29)30-20/h6-8,11,13,20H,9-10,12H2,1-5H3,(H,27,28,29). The molecule has 0 radical (unpaired) electrons. The molecule has 1 heterocycles. The minimum absolute atomic E-state index is 0.0995. The Kier molecular flexibility index (Phi) is 5.31. The average Bonchev–Trinajstić information content (AvgIpc) is 2.97. The van der Waals surface area contributed by atoms with Crippen LogP contribution in [-0.2, 0) is 22.0 Å². The average molecular weight is 442 g/mol. The number of carbonyl (C=O) groups excluding carboxylic acids is 2. The van der Waals surface area contributed by atoms with E-state index in [4.69, 9.17) is 11.6 Å². The van der Waals surface area contributed by atoms with Gasteiger partial charge in [-0.05, 0) is 77.0 Å². The van der Waals surface area contributed by atoms with Crippen molar-refractivity contribution in [2.24, 2.45) is 0 Å². The van der Waals surface area contributed by atoms with Crippen LogP contribution in [0.4, 0.5) is 4.79 Å². The highest BCUT2D eigenvalue weighted by atomic mass is 35.5. The van der Waals surface area contributed by atoms with Crippen LogP contribution in [0.5, 0.6) is 0 Å². The molecule has 1 atom stereocenters. The first-order valence-electron chi connectivity index (χ1n) is 10.4. The Morgan fingerprint density at radius 1 is 1.07 bits per heavy atom. The number of thioether (sulfide) groups is 1. The smallest absolute Gasteiger partial charge is 0.286 e. The number of rotatable bonds is 3. The fraction of sp³-hybridized carbons (Fsp3) is 0.440. The lowest BCUT2D eigenvalue weighted by Crippen LogP contribution is -2.34. The topological polar surface area (TPSA) is 46.2 Å². The van der Waals surface area contributed by atoms with E-state index in [9.17, 15) is 9.59 Å². The van der Waals surface area contributed by atoms with E-state index in [1.165, 1.54) is 23.1 Å². The number of halogens is 1. The minimum atomic E-state index is -0.414. The molecular formula is C25H28ClNO2S. The van der Waals surface area contributed by atoms with Crippen molar-refractivity contribution >= 4 is 34.5 Å². The molecule has 3 nitrogen and oxygen atoms in total. The van der Waals surface area contributed by atoms with Gasteiger partial charge in [0.2, 0.25) is 5.91 Å². The highest BCUT2D eigenvalue weighted by Crippen LogP contribution is 2.48. The summed E-state index contributed by atoms with van der Waals surface area (Å²) in [5.74, 6) is -0.221. The first-order valence-corrected chi connectivity index (χ1v) is 11.7. The number of nitrogens with one attached hydrogen (secondary N) is 1. The fourth-order valence-electron chi connectivity index (χ4n) is 4.76. The highest BCUT2D eigenvalue weighted by Gasteiger charge is 2.38. The molecule has 30 heavy (non-hydrogen) atoms. The van der Waals surface area contributed by atoms with E-state index in [1.54, 1.807) is 0 Å². The van der Waals surface area contributed by atoms with Gasteiger partial charge in [0.25, 0.3) is 5.24 Å². The van der Waals surface area contributed by atoms with Crippen LogP contribution < -0.4 is 5.32 Å². The molecular weight excluding hydrogens is 414 g/mol. The van der Waals surface area contributed by atoms with Gasteiger partial charge in [-0.25, -0.2) is 0 Å². The molecule has 0 bridgehead atoms. The quantitative estimate of drug-likeness (QED) is 0.586. The number of amides is 2. The Bertz CT molecular complexity index is 1060. The number of fused-ring (bicyclic) bond motifs is 1. The van der Waals surface area contributed by atoms with E-state index in [1.807, 2.05) is 18.2 Å².